The van der Waals surface area contributed by atoms with Crippen molar-refractivity contribution in [1.29, 1.82) is 0 Å². The zero-order valence-electron chi connectivity index (χ0n) is 13.2. The minimum Gasteiger partial charge on any atom is -0.508 e. The topological polar surface area (TPSA) is 37.3 Å². The summed E-state index contributed by atoms with van der Waals surface area (Å²) >= 11 is 3.62. The van der Waals surface area contributed by atoms with Gasteiger partial charge in [-0.15, -0.1) is 0 Å². The number of benzene rings is 1. The summed E-state index contributed by atoms with van der Waals surface area (Å²) in [5.41, 5.74) is 2.61. The lowest BCUT2D eigenvalue weighted by atomic mass is 9.53. The van der Waals surface area contributed by atoms with Gasteiger partial charge in [-0.25, -0.2) is 0 Å². The Bertz CT molecular complexity index is 640. The van der Waals surface area contributed by atoms with E-state index in [1.54, 1.807) is 0 Å². The fourth-order valence-electron chi connectivity index (χ4n) is 5.72. The minimum atomic E-state index is -0.127. The molecule has 0 unspecified atom stereocenters. The number of hydrogen-bond donors (Lipinski definition) is 1. The van der Waals surface area contributed by atoms with Crippen molar-refractivity contribution in [2.24, 2.45) is 23.2 Å². The average molecular weight is 363 g/mol. The highest BCUT2D eigenvalue weighted by Crippen LogP contribution is 2.61. The molecule has 0 radical (unpaired) electrons. The van der Waals surface area contributed by atoms with Crippen molar-refractivity contribution in [3.63, 3.8) is 0 Å². The van der Waals surface area contributed by atoms with Gasteiger partial charge in [-0.1, -0.05) is 35.8 Å². The summed E-state index contributed by atoms with van der Waals surface area (Å²) in [4.78, 5) is 12.7. The largest absolute Gasteiger partial charge is 0.508 e. The van der Waals surface area contributed by atoms with Gasteiger partial charge in [-0.3, -0.25) is 4.79 Å². The molecule has 4 rings (SSSR count). The van der Waals surface area contributed by atoms with Crippen LogP contribution in [0.5, 0.6) is 5.75 Å². The zero-order valence-corrected chi connectivity index (χ0v) is 14.8. The van der Waals surface area contributed by atoms with Gasteiger partial charge in [0.15, 0.2) is 5.78 Å². The van der Waals surface area contributed by atoms with Gasteiger partial charge >= 0.3 is 0 Å². The summed E-state index contributed by atoms with van der Waals surface area (Å²) in [6.45, 7) is 4.54. The van der Waals surface area contributed by atoms with Crippen LogP contribution in [0.1, 0.15) is 50.2 Å². The molecule has 1 aromatic rings. The Morgan fingerprint density at radius 3 is 2.91 bits per heavy atom. The normalized spacial score (nSPS) is 43.4. The van der Waals surface area contributed by atoms with Crippen LogP contribution in [-0.4, -0.2) is 15.7 Å². The van der Waals surface area contributed by atoms with Crippen molar-refractivity contribution in [3.05, 3.63) is 29.3 Å². The van der Waals surface area contributed by atoms with Crippen molar-refractivity contribution in [2.75, 3.05) is 0 Å². The first-order valence-corrected chi connectivity index (χ1v) is 9.33. The summed E-state index contributed by atoms with van der Waals surface area (Å²) in [7, 11) is 0. The molecule has 2 fully saturated rings. The number of halogens is 1. The van der Waals surface area contributed by atoms with Crippen LogP contribution in [0.2, 0.25) is 0 Å². The van der Waals surface area contributed by atoms with E-state index in [1.165, 1.54) is 11.1 Å². The lowest BCUT2D eigenvalue weighted by Gasteiger charge is -2.50. The van der Waals surface area contributed by atoms with Crippen molar-refractivity contribution in [1.82, 2.24) is 0 Å². The van der Waals surface area contributed by atoms with E-state index in [2.05, 4.69) is 35.8 Å². The minimum absolute atomic E-state index is 0.0506. The van der Waals surface area contributed by atoms with Crippen molar-refractivity contribution in [2.45, 2.75) is 50.3 Å². The van der Waals surface area contributed by atoms with Gasteiger partial charge in [0.1, 0.15) is 5.75 Å². The maximum absolute atomic E-state index is 12.7. The summed E-state index contributed by atoms with van der Waals surface area (Å²) in [6.07, 6.45) is 4.13. The van der Waals surface area contributed by atoms with Gasteiger partial charge in [-0.05, 0) is 72.6 Å². The number of rotatable bonds is 0. The summed E-state index contributed by atoms with van der Waals surface area (Å²) in [6, 6.07) is 5.90. The van der Waals surface area contributed by atoms with Crippen LogP contribution in [0.4, 0.5) is 0 Å². The molecule has 0 heterocycles. The maximum atomic E-state index is 12.7. The van der Waals surface area contributed by atoms with E-state index in [9.17, 15) is 9.90 Å². The fourth-order valence-corrected chi connectivity index (χ4v) is 6.64. The van der Waals surface area contributed by atoms with E-state index in [1.807, 2.05) is 12.1 Å². The second-order valence-corrected chi connectivity index (χ2v) is 8.98. The Morgan fingerprint density at radius 2 is 2.14 bits per heavy atom. The molecule has 0 amide bonds. The fraction of sp³-hybridized carbons (Fsp3) is 0.632. The number of Topliss-reactive ketones (excluding diaryl/α,β-unsaturated/α-hetero) is 1. The van der Waals surface area contributed by atoms with E-state index >= 15 is 0 Å². The highest BCUT2D eigenvalue weighted by Gasteiger charge is 2.58. The molecule has 22 heavy (non-hydrogen) atoms. The number of hydrogen-bond acceptors (Lipinski definition) is 2. The van der Waals surface area contributed by atoms with Gasteiger partial charge < -0.3 is 5.11 Å². The molecule has 118 valence electrons. The van der Waals surface area contributed by atoms with Crippen LogP contribution >= 0.6 is 15.9 Å². The Hall–Kier alpha value is -0.830. The lowest BCUT2D eigenvalue weighted by Crippen LogP contribution is -2.45. The summed E-state index contributed by atoms with van der Waals surface area (Å²) < 4.78 is 0. The molecule has 3 aliphatic carbocycles. The van der Waals surface area contributed by atoms with Crippen molar-refractivity contribution in [3.8, 4) is 5.75 Å². The van der Waals surface area contributed by atoms with Crippen LogP contribution in [0.25, 0.3) is 0 Å². The average Bonchev–Trinajstić information content (AvgIpc) is 2.70. The van der Waals surface area contributed by atoms with E-state index in [0.717, 1.165) is 25.7 Å². The van der Waals surface area contributed by atoms with Crippen LogP contribution in [0.15, 0.2) is 18.2 Å². The molecule has 0 aliphatic heterocycles. The maximum Gasteiger partial charge on any atom is 0.152 e. The number of carbonyl (C=O) groups is 1. The van der Waals surface area contributed by atoms with E-state index in [-0.39, 0.29) is 10.2 Å². The van der Waals surface area contributed by atoms with E-state index < -0.39 is 0 Å². The number of ketones is 1. The van der Waals surface area contributed by atoms with E-state index in [0.29, 0.717) is 35.2 Å². The number of fused-ring (bicyclic) bond motifs is 5. The molecule has 2 nitrogen and oxygen atoms in total. The number of phenols is 1. The Kier molecular flexibility index (Phi) is 3.24. The molecule has 6 atom stereocenters. The molecule has 0 saturated heterocycles. The molecule has 0 aromatic heterocycles. The predicted molar refractivity (Wildman–Crippen MR) is 90.4 cm³/mol. The third-order valence-corrected chi connectivity index (χ3v) is 7.55. The Labute approximate surface area is 140 Å². The molecule has 1 N–H and O–H groups in total. The number of aromatic hydroxyl groups is 1. The standard InChI is InChI=1S/C19H23BrO2/c1-10-7-11-8-12(21)3-4-13(11)14-5-6-19(2)15(17(10)14)9-16(20)18(19)22/h3-4,8,10,14-17,21H,5-7,9H2,1-2H3/t10-,14-,15+,16+,17-,19+/m1/s1. The first kappa shape index (κ1) is 14.7. The number of carbonyl (C=O) groups excluding carboxylic acids is 1. The van der Waals surface area contributed by atoms with Crippen LogP contribution < -0.4 is 0 Å². The lowest BCUT2D eigenvalue weighted by molar-refractivity contribution is -0.129. The molecule has 2 saturated carbocycles. The highest BCUT2D eigenvalue weighted by molar-refractivity contribution is 9.10. The predicted octanol–water partition coefficient (Wildman–Crippen LogP) is 4.44. The molecule has 3 aliphatic rings. The first-order chi connectivity index (χ1) is 10.4. The van der Waals surface area contributed by atoms with Crippen molar-refractivity contribution >= 4 is 21.7 Å². The molecular formula is C19H23BrO2. The van der Waals surface area contributed by atoms with Gasteiger partial charge in [-0.2, -0.15) is 0 Å². The quantitative estimate of drug-likeness (QED) is 0.692. The smallest absolute Gasteiger partial charge is 0.152 e. The molecular weight excluding hydrogens is 340 g/mol. The third kappa shape index (κ3) is 1.87. The third-order valence-electron chi connectivity index (χ3n) is 6.76. The van der Waals surface area contributed by atoms with Crippen LogP contribution in [0, 0.1) is 23.2 Å². The Balaban J connectivity index is 1.77. The second kappa shape index (κ2) is 4.83. The monoisotopic (exact) mass is 362 g/mol. The zero-order chi connectivity index (χ0) is 15.6. The first-order valence-electron chi connectivity index (χ1n) is 8.42. The van der Waals surface area contributed by atoms with Gasteiger partial charge in [0, 0.05) is 5.41 Å². The van der Waals surface area contributed by atoms with Crippen LogP contribution in [0.3, 0.4) is 0 Å². The van der Waals surface area contributed by atoms with Crippen LogP contribution in [-0.2, 0) is 11.2 Å². The second-order valence-electron chi connectivity index (χ2n) is 7.88. The molecule has 0 spiro atoms. The van der Waals surface area contributed by atoms with E-state index in [4.69, 9.17) is 0 Å². The Morgan fingerprint density at radius 1 is 1.36 bits per heavy atom. The molecule has 0 bridgehead atoms. The van der Waals surface area contributed by atoms with Crippen molar-refractivity contribution < 1.29 is 9.90 Å². The van der Waals surface area contributed by atoms with Gasteiger partial charge in [0.05, 0.1) is 4.83 Å². The summed E-state index contributed by atoms with van der Waals surface area (Å²) in [5.74, 6) is 3.04. The van der Waals surface area contributed by atoms with Gasteiger partial charge in [0.25, 0.3) is 0 Å². The molecule has 3 heteroatoms. The SMILES string of the molecule is C[C@@H]1Cc2cc(O)ccc2[C@H]2CC[C@]3(C)C(=O)[C@@H](Br)C[C@H]3[C@H]12. The molecule has 1 aromatic carbocycles. The highest BCUT2D eigenvalue weighted by atomic mass is 79.9. The van der Waals surface area contributed by atoms with Gasteiger partial charge in [0.2, 0.25) is 0 Å². The number of phenolic OH excluding ortho intramolecular Hbond substituents is 1. The summed E-state index contributed by atoms with van der Waals surface area (Å²) in [5, 5.41) is 9.78. The number of alkyl halides is 1.